The van der Waals surface area contributed by atoms with Gasteiger partial charge < -0.3 is 5.73 Å². The first-order valence-corrected chi connectivity index (χ1v) is 6.48. The van der Waals surface area contributed by atoms with Gasteiger partial charge in [0.25, 0.3) is 0 Å². The van der Waals surface area contributed by atoms with Crippen LogP contribution in [0.25, 0.3) is 10.8 Å². The summed E-state index contributed by atoms with van der Waals surface area (Å²) in [4.78, 5) is 0. The van der Waals surface area contributed by atoms with E-state index in [1.165, 1.54) is 16.3 Å². The van der Waals surface area contributed by atoms with E-state index in [9.17, 15) is 0 Å². The maximum absolute atomic E-state index is 5.92. The van der Waals surface area contributed by atoms with Crippen molar-refractivity contribution in [3.63, 3.8) is 0 Å². The Hall–Kier alpha value is -1.81. The topological polar surface area (TPSA) is 43.8 Å². The Balaban J connectivity index is 1.98. The summed E-state index contributed by atoms with van der Waals surface area (Å²) in [6.07, 6.45) is 1.72. The molecule has 3 rings (SSSR count). The van der Waals surface area contributed by atoms with Gasteiger partial charge in [0.05, 0.1) is 17.2 Å². The van der Waals surface area contributed by atoms with Gasteiger partial charge in [0, 0.05) is 0 Å². The van der Waals surface area contributed by atoms with Gasteiger partial charge in [0.15, 0.2) is 0 Å². The Morgan fingerprint density at radius 3 is 2.61 bits per heavy atom. The average molecular weight is 302 g/mol. The van der Waals surface area contributed by atoms with Gasteiger partial charge in [0.2, 0.25) is 0 Å². The third kappa shape index (κ3) is 1.99. The van der Waals surface area contributed by atoms with Crippen molar-refractivity contribution in [3.8, 4) is 0 Å². The summed E-state index contributed by atoms with van der Waals surface area (Å²) >= 11 is 3.36. The van der Waals surface area contributed by atoms with E-state index in [1.807, 2.05) is 12.1 Å². The average Bonchev–Trinajstić information content (AvgIpc) is 2.71. The highest BCUT2D eigenvalue weighted by molar-refractivity contribution is 9.10. The first kappa shape index (κ1) is 11.3. The van der Waals surface area contributed by atoms with Gasteiger partial charge in [-0.3, -0.25) is 0 Å². The lowest BCUT2D eigenvalue weighted by Gasteiger charge is -2.06. The van der Waals surface area contributed by atoms with Crippen LogP contribution in [0.1, 0.15) is 5.56 Å². The molecule has 0 aliphatic rings. The Kier molecular flexibility index (Phi) is 2.80. The molecule has 0 saturated carbocycles. The number of nitrogens with two attached hydrogens (primary N) is 1. The van der Waals surface area contributed by atoms with E-state index in [0.29, 0.717) is 12.4 Å². The lowest BCUT2D eigenvalue weighted by atomic mass is 10.1. The van der Waals surface area contributed by atoms with Crippen LogP contribution in [0.15, 0.2) is 53.1 Å². The third-order valence-electron chi connectivity index (χ3n) is 2.98. The van der Waals surface area contributed by atoms with E-state index < -0.39 is 0 Å². The summed E-state index contributed by atoms with van der Waals surface area (Å²) in [5.41, 5.74) is 7.11. The molecule has 18 heavy (non-hydrogen) atoms. The highest BCUT2D eigenvalue weighted by atomic mass is 79.9. The van der Waals surface area contributed by atoms with E-state index in [2.05, 4.69) is 51.4 Å². The second-order valence-electron chi connectivity index (χ2n) is 4.22. The van der Waals surface area contributed by atoms with Crippen molar-refractivity contribution in [3.05, 3.63) is 58.7 Å². The van der Waals surface area contributed by atoms with Crippen molar-refractivity contribution in [2.24, 2.45) is 0 Å². The molecule has 0 unspecified atom stereocenters. The SMILES string of the molecule is Nc1c(Br)cnn1Cc1ccc2ccccc2c1. The Morgan fingerprint density at radius 1 is 1.11 bits per heavy atom. The quantitative estimate of drug-likeness (QED) is 0.788. The number of halogens is 1. The number of nitrogens with zero attached hydrogens (tertiary/aromatic N) is 2. The molecule has 0 aliphatic carbocycles. The van der Waals surface area contributed by atoms with E-state index in [4.69, 9.17) is 5.73 Å². The molecule has 0 bridgehead atoms. The molecule has 1 heterocycles. The predicted molar refractivity (Wildman–Crippen MR) is 77.4 cm³/mol. The zero-order valence-corrected chi connectivity index (χ0v) is 11.3. The summed E-state index contributed by atoms with van der Waals surface area (Å²) < 4.78 is 2.62. The zero-order valence-electron chi connectivity index (χ0n) is 9.68. The molecule has 2 aromatic carbocycles. The molecule has 0 atom stereocenters. The van der Waals surface area contributed by atoms with Crippen LogP contribution in [0.2, 0.25) is 0 Å². The lowest BCUT2D eigenvalue weighted by molar-refractivity contribution is 0.697. The highest BCUT2D eigenvalue weighted by Gasteiger charge is 2.05. The summed E-state index contributed by atoms with van der Waals surface area (Å²) in [6, 6.07) is 14.7. The number of aromatic nitrogens is 2. The van der Waals surface area contributed by atoms with Crippen molar-refractivity contribution in [2.45, 2.75) is 6.54 Å². The van der Waals surface area contributed by atoms with Gasteiger partial charge >= 0.3 is 0 Å². The molecule has 90 valence electrons. The summed E-state index contributed by atoms with van der Waals surface area (Å²) in [6.45, 7) is 0.683. The fourth-order valence-electron chi connectivity index (χ4n) is 2.01. The molecule has 0 fully saturated rings. The largest absolute Gasteiger partial charge is 0.383 e. The number of hydrogen-bond donors (Lipinski definition) is 1. The molecule has 4 heteroatoms. The van der Waals surface area contributed by atoms with E-state index >= 15 is 0 Å². The van der Waals surface area contributed by atoms with Gasteiger partial charge in [-0.05, 0) is 38.3 Å². The van der Waals surface area contributed by atoms with Crippen LogP contribution in [-0.4, -0.2) is 9.78 Å². The maximum atomic E-state index is 5.92. The van der Waals surface area contributed by atoms with Crippen LogP contribution >= 0.6 is 15.9 Å². The first-order valence-electron chi connectivity index (χ1n) is 5.68. The fraction of sp³-hybridized carbons (Fsp3) is 0.0714. The maximum Gasteiger partial charge on any atom is 0.136 e. The molecule has 0 aliphatic heterocycles. The molecule has 0 amide bonds. The fourth-order valence-corrected chi connectivity index (χ4v) is 2.30. The van der Waals surface area contributed by atoms with Crippen LogP contribution in [0.5, 0.6) is 0 Å². The summed E-state index contributed by atoms with van der Waals surface area (Å²) in [7, 11) is 0. The highest BCUT2D eigenvalue weighted by Crippen LogP contribution is 2.20. The minimum atomic E-state index is 0.656. The Bertz CT molecular complexity index is 703. The van der Waals surface area contributed by atoms with Gasteiger partial charge in [0.1, 0.15) is 5.82 Å². The van der Waals surface area contributed by atoms with Gasteiger partial charge in [-0.15, -0.1) is 0 Å². The molecular weight excluding hydrogens is 290 g/mol. The van der Waals surface area contributed by atoms with E-state index in [0.717, 1.165) is 4.47 Å². The molecule has 0 saturated heterocycles. The summed E-state index contributed by atoms with van der Waals surface area (Å²) in [5, 5.41) is 6.72. The van der Waals surface area contributed by atoms with Crippen LogP contribution in [0, 0.1) is 0 Å². The second-order valence-corrected chi connectivity index (χ2v) is 5.07. The van der Waals surface area contributed by atoms with Gasteiger partial charge in [-0.1, -0.05) is 36.4 Å². The van der Waals surface area contributed by atoms with Crippen LogP contribution < -0.4 is 5.73 Å². The number of hydrogen-bond acceptors (Lipinski definition) is 2. The summed E-state index contributed by atoms with van der Waals surface area (Å²) in [5.74, 6) is 0.656. The standard InChI is InChI=1S/C14H12BrN3/c15-13-8-17-18(14(13)16)9-10-5-6-11-3-1-2-4-12(11)7-10/h1-8H,9,16H2. The number of rotatable bonds is 2. The molecule has 3 aromatic rings. The van der Waals surface area contributed by atoms with E-state index in [1.54, 1.807) is 10.9 Å². The van der Waals surface area contributed by atoms with Crippen molar-refractivity contribution >= 4 is 32.5 Å². The van der Waals surface area contributed by atoms with Crippen LogP contribution in [-0.2, 0) is 6.54 Å². The molecule has 3 nitrogen and oxygen atoms in total. The number of nitrogen functional groups attached to an aromatic ring is 1. The van der Waals surface area contributed by atoms with Crippen molar-refractivity contribution < 1.29 is 0 Å². The van der Waals surface area contributed by atoms with Crippen LogP contribution in [0.4, 0.5) is 5.82 Å². The monoisotopic (exact) mass is 301 g/mol. The Labute approximate surface area is 113 Å². The lowest BCUT2D eigenvalue weighted by Crippen LogP contribution is -2.05. The Morgan fingerprint density at radius 2 is 1.89 bits per heavy atom. The third-order valence-corrected chi connectivity index (χ3v) is 3.59. The second kappa shape index (κ2) is 4.46. The van der Waals surface area contributed by atoms with Crippen LogP contribution in [0.3, 0.4) is 0 Å². The first-order chi connectivity index (χ1) is 8.74. The molecule has 0 spiro atoms. The molecule has 2 N–H and O–H groups in total. The zero-order chi connectivity index (χ0) is 12.5. The minimum Gasteiger partial charge on any atom is -0.383 e. The predicted octanol–water partition coefficient (Wildman–Crippen LogP) is 3.43. The van der Waals surface area contributed by atoms with Gasteiger partial charge in [-0.25, -0.2) is 4.68 Å². The van der Waals surface area contributed by atoms with Crippen molar-refractivity contribution in [2.75, 3.05) is 5.73 Å². The normalized spacial score (nSPS) is 10.9. The van der Waals surface area contributed by atoms with E-state index in [-0.39, 0.29) is 0 Å². The number of anilines is 1. The minimum absolute atomic E-state index is 0.656. The molecular formula is C14H12BrN3. The van der Waals surface area contributed by atoms with Crippen molar-refractivity contribution in [1.29, 1.82) is 0 Å². The van der Waals surface area contributed by atoms with Crippen molar-refractivity contribution in [1.82, 2.24) is 9.78 Å². The smallest absolute Gasteiger partial charge is 0.136 e. The number of benzene rings is 2. The van der Waals surface area contributed by atoms with Gasteiger partial charge in [-0.2, -0.15) is 5.10 Å². The molecule has 1 aromatic heterocycles. The molecule has 0 radical (unpaired) electrons. The number of fused-ring (bicyclic) bond motifs is 1.